The topological polar surface area (TPSA) is 41.1 Å². The van der Waals surface area contributed by atoms with Crippen molar-refractivity contribution in [1.82, 2.24) is 9.97 Å². The lowest BCUT2D eigenvalue weighted by molar-refractivity contribution is 0.415. The Kier molecular flexibility index (Phi) is 3.94. The van der Waals surface area contributed by atoms with Gasteiger partial charge in [0.15, 0.2) is 5.82 Å². The molecule has 1 N–H and O–H groups in total. The molecule has 5 rings (SSSR count). The molecule has 1 aliphatic rings. The van der Waals surface area contributed by atoms with Crippen molar-refractivity contribution in [1.29, 1.82) is 0 Å². The number of aromatic nitrogens is 2. The highest BCUT2D eigenvalue weighted by molar-refractivity contribution is 6.31. The number of pyridine rings is 1. The molecular formula is C22H20ClN3O. The van der Waals surface area contributed by atoms with Crippen molar-refractivity contribution in [2.75, 3.05) is 18.6 Å². The highest BCUT2D eigenvalue weighted by atomic mass is 35.5. The summed E-state index contributed by atoms with van der Waals surface area (Å²) in [6.07, 6.45) is 4.11. The molecule has 5 heteroatoms. The number of rotatable bonds is 3. The lowest BCUT2D eigenvalue weighted by Gasteiger charge is -2.27. The maximum absolute atomic E-state index is 6.50. The zero-order valence-corrected chi connectivity index (χ0v) is 15.8. The van der Waals surface area contributed by atoms with Crippen molar-refractivity contribution in [3.05, 3.63) is 65.3 Å². The summed E-state index contributed by atoms with van der Waals surface area (Å²) in [5.74, 6) is 1.84. The summed E-state index contributed by atoms with van der Waals surface area (Å²) in [7, 11) is 1.69. The third-order valence-electron chi connectivity index (χ3n) is 5.50. The van der Waals surface area contributed by atoms with Crippen LogP contribution in [0.15, 0.2) is 54.7 Å². The molecule has 27 heavy (non-hydrogen) atoms. The Morgan fingerprint density at radius 1 is 1.15 bits per heavy atom. The second-order valence-corrected chi connectivity index (χ2v) is 7.37. The number of nitrogens with one attached hydrogen (secondary N) is 1. The van der Waals surface area contributed by atoms with Gasteiger partial charge in [-0.2, -0.15) is 0 Å². The van der Waals surface area contributed by atoms with E-state index in [1.54, 1.807) is 7.11 Å². The lowest BCUT2D eigenvalue weighted by Crippen LogP contribution is -2.24. The number of anilines is 1. The van der Waals surface area contributed by atoms with Crippen molar-refractivity contribution < 1.29 is 4.74 Å². The number of hydrogen-bond acceptors (Lipinski definition) is 3. The minimum absolute atomic E-state index is 0.248. The van der Waals surface area contributed by atoms with Crippen LogP contribution in [-0.2, 0) is 0 Å². The van der Waals surface area contributed by atoms with Gasteiger partial charge in [0.05, 0.1) is 24.2 Å². The van der Waals surface area contributed by atoms with E-state index in [4.69, 9.17) is 21.3 Å². The van der Waals surface area contributed by atoms with Gasteiger partial charge in [-0.05, 0) is 42.7 Å². The van der Waals surface area contributed by atoms with E-state index in [9.17, 15) is 0 Å². The van der Waals surface area contributed by atoms with Gasteiger partial charge in [0.25, 0.3) is 0 Å². The molecule has 1 saturated heterocycles. The molecule has 0 radical (unpaired) electrons. The minimum atomic E-state index is 0.248. The van der Waals surface area contributed by atoms with Gasteiger partial charge >= 0.3 is 0 Å². The maximum Gasteiger partial charge on any atom is 0.153 e. The summed E-state index contributed by atoms with van der Waals surface area (Å²) < 4.78 is 5.38. The van der Waals surface area contributed by atoms with Crippen LogP contribution in [0, 0.1) is 0 Å². The Morgan fingerprint density at radius 3 is 2.89 bits per heavy atom. The van der Waals surface area contributed by atoms with Crippen LogP contribution in [0.25, 0.3) is 21.8 Å². The van der Waals surface area contributed by atoms with Crippen LogP contribution >= 0.6 is 11.6 Å². The first-order chi connectivity index (χ1) is 13.3. The van der Waals surface area contributed by atoms with Crippen LogP contribution in [-0.4, -0.2) is 23.6 Å². The Morgan fingerprint density at radius 2 is 2.04 bits per heavy atom. The van der Waals surface area contributed by atoms with Gasteiger partial charge < -0.3 is 14.6 Å². The summed E-state index contributed by atoms with van der Waals surface area (Å²) in [6.45, 7) is 0.973. The van der Waals surface area contributed by atoms with Gasteiger partial charge in [0.2, 0.25) is 0 Å². The van der Waals surface area contributed by atoms with Crippen molar-refractivity contribution in [3.63, 3.8) is 0 Å². The zero-order chi connectivity index (χ0) is 18.4. The van der Waals surface area contributed by atoms with E-state index < -0.39 is 0 Å². The van der Waals surface area contributed by atoms with Crippen LogP contribution in [0.3, 0.4) is 0 Å². The zero-order valence-electron chi connectivity index (χ0n) is 15.1. The Labute approximate surface area is 162 Å². The van der Waals surface area contributed by atoms with Crippen LogP contribution in [0.1, 0.15) is 24.4 Å². The second-order valence-electron chi connectivity index (χ2n) is 6.97. The van der Waals surface area contributed by atoms with Crippen LogP contribution < -0.4 is 9.64 Å². The van der Waals surface area contributed by atoms with Crippen molar-refractivity contribution in [2.24, 2.45) is 0 Å². The van der Waals surface area contributed by atoms with E-state index in [0.29, 0.717) is 0 Å². The fourth-order valence-electron chi connectivity index (χ4n) is 4.23. The first kappa shape index (κ1) is 16.5. The lowest BCUT2D eigenvalue weighted by atomic mass is 10.0. The van der Waals surface area contributed by atoms with E-state index in [0.717, 1.165) is 47.0 Å². The normalized spacial score (nSPS) is 17.1. The average Bonchev–Trinajstić information content (AvgIpc) is 3.32. The van der Waals surface area contributed by atoms with Crippen LogP contribution in [0.2, 0.25) is 5.02 Å². The van der Waals surface area contributed by atoms with E-state index in [-0.39, 0.29) is 6.04 Å². The van der Waals surface area contributed by atoms with Crippen molar-refractivity contribution in [3.8, 4) is 5.75 Å². The first-order valence-electron chi connectivity index (χ1n) is 9.22. The molecule has 2 aromatic carbocycles. The average molecular weight is 378 g/mol. The Bertz CT molecular complexity index is 1140. The van der Waals surface area contributed by atoms with E-state index >= 15 is 0 Å². The van der Waals surface area contributed by atoms with Gasteiger partial charge in [-0.3, -0.25) is 0 Å². The van der Waals surface area contributed by atoms with Gasteiger partial charge in [-0.25, -0.2) is 4.98 Å². The molecule has 1 aliphatic heterocycles. The van der Waals surface area contributed by atoms with Crippen LogP contribution in [0.5, 0.6) is 5.75 Å². The Balaban J connectivity index is 1.67. The third-order valence-corrected chi connectivity index (χ3v) is 5.84. The molecule has 1 fully saturated rings. The van der Waals surface area contributed by atoms with Gasteiger partial charge in [0, 0.05) is 34.6 Å². The fourth-order valence-corrected chi connectivity index (χ4v) is 4.49. The molecule has 3 heterocycles. The summed E-state index contributed by atoms with van der Waals surface area (Å²) >= 11 is 6.50. The monoisotopic (exact) mass is 377 g/mol. The molecule has 0 aliphatic carbocycles. The highest BCUT2D eigenvalue weighted by Crippen LogP contribution is 2.41. The number of ether oxygens (including phenoxy) is 1. The SMILES string of the molecule is COc1ccc2c(c1)[nH]c1c(N3CCCC3c3ccccc3Cl)nccc12. The minimum Gasteiger partial charge on any atom is -0.497 e. The molecule has 1 unspecified atom stereocenters. The summed E-state index contributed by atoms with van der Waals surface area (Å²) in [4.78, 5) is 10.7. The molecule has 4 nitrogen and oxygen atoms in total. The Hall–Kier alpha value is -2.72. The van der Waals surface area contributed by atoms with Crippen LogP contribution in [0.4, 0.5) is 5.82 Å². The molecule has 2 aromatic heterocycles. The third kappa shape index (κ3) is 2.63. The number of methoxy groups -OCH3 is 1. The van der Waals surface area contributed by atoms with Crippen molar-refractivity contribution in [2.45, 2.75) is 18.9 Å². The number of hydrogen-bond donors (Lipinski definition) is 1. The van der Waals surface area contributed by atoms with Gasteiger partial charge in [0.1, 0.15) is 5.75 Å². The number of halogens is 1. The quantitative estimate of drug-likeness (QED) is 0.496. The smallest absolute Gasteiger partial charge is 0.153 e. The molecule has 0 bridgehead atoms. The summed E-state index contributed by atoms with van der Waals surface area (Å²) in [5.41, 5.74) is 3.31. The number of fused-ring (bicyclic) bond motifs is 3. The molecule has 136 valence electrons. The van der Waals surface area contributed by atoms with E-state index in [2.05, 4.69) is 34.1 Å². The number of aromatic amines is 1. The first-order valence-corrected chi connectivity index (χ1v) is 9.59. The standard InChI is InChI=1S/C22H20ClN3O/c1-27-14-8-9-15-16-10-11-24-22(21(16)25-19(15)13-14)26-12-4-7-20(26)17-5-2-3-6-18(17)23/h2-3,5-6,8-11,13,20,25H,4,7,12H2,1H3. The fraction of sp³-hybridized carbons (Fsp3) is 0.227. The van der Waals surface area contributed by atoms with Gasteiger partial charge in [-0.15, -0.1) is 0 Å². The number of benzene rings is 2. The molecule has 1 atom stereocenters. The molecule has 4 aromatic rings. The van der Waals surface area contributed by atoms with Gasteiger partial charge in [-0.1, -0.05) is 29.8 Å². The maximum atomic E-state index is 6.50. The van der Waals surface area contributed by atoms with Crippen molar-refractivity contribution >= 4 is 39.2 Å². The summed E-state index contributed by atoms with van der Waals surface area (Å²) in [5, 5.41) is 3.19. The molecule has 0 spiro atoms. The van der Waals surface area contributed by atoms with E-state index in [1.807, 2.05) is 30.5 Å². The molecule has 0 saturated carbocycles. The number of H-pyrrole nitrogens is 1. The number of nitrogens with zero attached hydrogens (tertiary/aromatic N) is 2. The molecule has 0 amide bonds. The largest absolute Gasteiger partial charge is 0.497 e. The van der Waals surface area contributed by atoms with E-state index in [1.165, 1.54) is 16.3 Å². The second kappa shape index (κ2) is 6.46. The summed E-state index contributed by atoms with van der Waals surface area (Å²) in [6, 6.07) is 16.6. The predicted molar refractivity (Wildman–Crippen MR) is 111 cm³/mol. The highest BCUT2D eigenvalue weighted by Gasteiger charge is 2.30. The predicted octanol–water partition coefficient (Wildman–Crippen LogP) is 5.72. The molecular weight excluding hydrogens is 358 g/mol.